The van der Waals surface area contributed by atoms with Gasteiger partial charge in [0.15, 0.2) is 5.96 Å². The van der Waals surface area contributed by atoms with E-state index in [9.17, 15) is 63.0 Å². The Kier molecular flexibility index (Phi) is 24.3. The van der Waals surface area contributed by atoms with Crippen LogP contribution in [-0.4, -0.2) is 182 Å². The van der Waals surface area contributed by atoms with Gasteiger partial charge in [0.2, 0.25) is 65.0 Å². The SMILES string of the molecule is CC(C)C[C@H](NC(=O)CNC(=O)[C@H](Cc1ccc(O)cc1)NC(=O)[C@H](CO)NC(=O)[C@H](Cc1c[nH]c2ccccc12)NC(=O)[C@H](Cc1cnc[nH]1)NC(=O)[C@@H]1CCC(=O)N1)C(=O)N[C@@H](CCCN=C(N)N)C(=O)N1CCC[C@H]1C(=O)NCCC(N)=O. The fourth-order valence-electron chi connectivity index (χ4n) is 9.93. The lowest BCUT2D eigenvalue weighted by Crippen LogP contribution is -2.60. The molecule has 2 fully saturated rings. The molecular formula is C56H77N17O13. The van der Waals surface area contributed by atoms with E-state index in [4.69, 9.17) is 17.2 Å². The third-order valence-electron chi connectivity index (χ3n) is 14.3. The summed E-state index contributed by atoms with van der Waals surface area (Å²) in [6.45, 7) is 2.09. The van der Waals surface area contributed by atoms with Crippen molar-refractivity contribution in [3.8, 4) is 5.75 Å². The van der Waals surface area contributed by atoms with Gasteiger partial charge >= 0.3 is 0 Å². The van der Waals surface area contributed by atoms with Gasteiger partial charge in [0, 0.05) is 80.7 Å². The Hall–Kier alpha value is -9.61. The quantitative estimate of drug-likeness (QED) is 0.0126. The highest BCUT2D eigenvalue weighted by Crippen LogP contribution is 2.22. The highest BCUT2D eigenvalue weighted by molar-refractivity contribution is 5.99. The van der Waals surface area contributed by atoms with Crippen molar-refractivity contribution in [2.45, 2.75) is 133 Å². The van der Waals surface area contributed by atoms with Crippen molar-refractivity contribution in [3.63, 3.8) is 0 Å². The first-order valence-corrected chi connectivity index (χ1v) is 28.3. The predicted octanol–water partition coefficient (Wildman–Crippen LogP) is -4.00. The lowest BCUT2D eigenvalue weighted by atomic mass is 10.0. The summed E-state index contributed by atoms with van der Waals surface area (Å²) >= 11 is 0. The molecule has 2 aromatic carbocycles. The van der Waals surface area contributed by atoms with Crippen LogP contribution in [0.2, 0.25) is 0 Å². The number of nitrogens with two attached hydrogens (primary N) is 3. The summed E-state index contributed by atoms with van der Waals surface area (Å²) in [6.07, 6.45) is 5.24. The number of aliphatic hydroxyl groups is 1. The normalized spacial score (nSPS) is 16.7. The number of fused-ring (bicyclic) bond motifs is 1. The number of imidazole rings is 1. The minimum atomic E-state index is -1.76. The van der Waals surface area contributed by atoms with Gasteiger partial charge in [-0.05, 0) is 73.8 Å². The molecule has 0 aliphatic carbocycles. The van der Waals surface area contributed by atoms with Gasteiger partial charge in [-0.1, -0.05) is 44.2 Å². The van der Waals surface area contributed by atoms with Gasteiger partial charge in [0.05, 0.1) is 19.5 Å². The van der Waals surface area contributed by atoms with Gasteiger partial charge in [0.1, 0.15) is 54.1 Å². The number of rotatable bonds is 32. The van der Waals surface area contributed by atoms with E-state index in [-0.39, 0.29) is 101 Å². The lowest BCUT2D eigenvalue weighted by molar-refractivity contribution is -0.142. The topological polar surface area (TPSA) is 475 Å². The Morgan fingerprint density at radius 3 is 2.06 bits per heavy atom. The van der Waals surface area contributed by atoms with Crippen molar-refractivity contribution >= 4 is 81.8 Å². The smallest absolute Gasteiger partial charge is 0.245 e. The second kappa shape index (κ2) is 31.9. The van der Waals surface area contributed by atoms with E-state index in [1.54, 1.807) is 44.3 Å². The molecule has 2 aromatic heterocycles. The molecule has 30 heteroatoms. The van der Waals surface area contributed by atoms with Gasteiger partial charge in [-0.3, -0.25) is 57.7 Å². The average molecular weight is 1200 g/mol. The van der Waals surface area contributed by atoms with Crippen molar-refractivity contribution in [1.82, 2.24) is 67.7 Å². The number of hydrogen-bond acceptors (Lipinski definition) is 15. The number of likely N-dealkylation sites (tertiary alicyclic amines) is 1. The number of carbonyl (C=O) groups is 11. The summed E-state index contributed by atoms with van der Waals surface area (Å²) < 4.78 is 0. The standard InChI is InChI=1S/C56H77N17O13/c1-30(2)21-39(50(81)68-38(9-5-18-62-56(58)59)55(86)73-20-6-10-44(73)54(85)61-19-17-45(57)76)67-47(78)27-64-48(79)40(22-31-11-13-34(75)14-12-31)69-53(84)43(28-74)72-51(82)41(23-32-25-63-36-8-4-3-7-35(32)36)70-52(83)42(24-33-26-60-29-65-33)71-49(80)37-15-16-46(77)66-37/h3-4,7-8,11-14,25-26,29-30,37-44,63,74-75H,5-6,9-10,15-24,27-28H2,1-2H3,(H2,57,76)(H,60,65)(H,61,85)(H,64,79)(H,66,77)(H,67,78)(H,68,81)(H,69,84)(H,70,83)(H,71,80)(H,72,82)(H4,58,59,62)/t37-,38-,39-,40-,41-,42-,43-,44-/m0/s1. The Morgan fingerprint density at radius 1 is 0.744 bits per heavy atom. The largest absolute Gasteiger partial charge is 0.508 e. The average Bonchev–Trinajstić information content (AvgIpc) is 3.28. The number of carbonyl (C=O) groups excluding carboxylic acids is 11. The van der Waals surface area contributed by atoms with E-state index in [1.807, 2.05) is 0 Å². The lowest BCUT2D eigenvalue weighted by Gasteiger charge is -2.30. The minimum Gasteiger partial charge on any atom is -0.508 e. The summed E-state index contributed by atoms with van der Waals surface area (Å²) in [5, 5.41) is 44.7. The number of guanidine groups is 1. The van der Waals surface area contributed by atoms with Crippen LogP contribution in [-0.2, 0) is 72.0 Å². The summed E-state index contributed by atoms with van der Waals surface area (Å²) in [5.41, 5.74) is 18.4. The van der Waals surface area contributed by atoms with Crippen molar-refractivity contribution in [2.75, 3.05) is 32.8 Å². The highest BCUT2D eigenvalue weighted by atomic mass is 16.3. The molecule has 0 saturated carbocycles. The van der Waals surface area contributed by atoms with Crippen LogP contribution in [0, 0.1) is 5.92 Å². The van der Waals surface area contributed by atoms with Crippen LogP contribution < -0.4 is 65.1 Å². The first kappa shape index (κ1) is 65.5. The van der Waals surface area contributed by atoms with Crippen LogP contribution in [0.5, 0.6) is 5.75 Å². The number of H-pyrrole nitrogens is 2. The van der Waals surface area contributed by atoms with Crippen LogP contribution >= 0.6 is 0 Å². The number of phenols is 1. The summed E-state index contributed by atoms with van der Waals surface area (Å²) in [7, 11) is 0. The number of primary amides is 1. The monoisotopic (exact) mass is 1200 g/mol. The second-order valence-corrected chi connectivity index (χ2v) is 21.5. The molecule has 6 rings (SSSR count). The molecule has 2 aliphatic heterocycles. The maximum Gasteiger partial charge on any atom is 0.245 e. The molecule has 4 aromatic rings. The highest BCUT2D eigenvalue weighted by Gasteiger charge is 2.39. The Labute approximate surface area is 494 Å². The number of benzene rings is 2. The summed E-state index contributed by atoms with van der Waals surface area (Å²) in [6, 6.07) is 2.48. The number of phenolic OH excluding ortho intramolecular Hbond substituents is 1. The van der Waals surface area contributed by atoms with Crippen molar-refractivity contribution in [3.05, 3.63) is 84.1 Å². The zero-order chi connectivity index (χ0) is 62.5. The molecule has 2 aliphatic rings. The van der Waals surface area contributed by atoms with Crippen LogP contribution in [0.3, 0.4) is 0 Å². The third-order valence-corrected chi connectivity index (χ3v) is 14.3. The van der Waals surface area contributed by atoms with E-state index in [0.717, 1.165) is 0 Å². The number of aliphatic hydroxyl groups excluding tert-OH is 1. The molecule has 86 heavy (non-hydrogen) atoms. The maximum absolute atomic E-state index is 14.5. The van der Waals surface area contributed by atoms with E-state index < -0.39 is 121 Å². The van der Waals surface area contributed by atoms with Gasteiger partial charge in [-0.15, -0.1) is 0 Å². The molecule has 0 unspecified atom stereocenters. The maximum atomic E-state index is 14.5. The van der Waals surface area contributed by atoms with E-state index in [1.165, 1.54) is 41.7 Å². The van der Waals surface area contributed by atoms with Crippen molar-refractivity contribution in [2.24, 2.45) is 28.1 Å². The molecule has 4 heterocycles. The summed E-state index contributed by atoms with van der Waals surface area (Å²) in [5.74, 6) is -8.53. The van der Waals surface area contributed by atoms with Crippen LogP contribution in [0.4, 0.5) is 0 Å². The molecule has 464 valence electrons. The second-order valence-electron chi connectivity index (χ2n) is 21.5. The van der Waals surface area contributed by atoms with E-state index in [0.29, 0.717) is 40.6 Å². The van der Waals surface area contributed by atoms with Crippen LogP contribution in [0.15, 0.2) is 72.2 Å². The van der Waals surface area contributed by atoms with E-state index >= 15 is 0 Å². The zero-order valence-corrected chi connectivity index (χ0v) is 47.8. The molecule has 11 amide bonds. The Balaban J connectivity index is 1.16. The number of aromatic hydroxyl groups is 1. The van der Waals surface area contributed by atoms with Crippen LogP contribution in [0.25, 0.3) is 10.9 Å². The van der Waals surface area contributed by atoms with E-state index in [2.05, 4.69) is 67.8 Å². The third kappa shape index (κ3) is 19.8. The number of aliphatic imine (C=N–C) groups is 1. The number of aromatic amines is 2. The predicted molar refractivity (Wildman–Crippen MR) is 310 cm³/mol. The van der Waals surface area contributed by atoms with Crippen LogP contribution in [0.1, 0.15) is 82.0 Å². The number of aromatic nitrogens is 3. The Morgan fingerprint density at radius 2 is 1.41 bits per heavy atom. The van der Waals surface area contributed by atoms with Gasteiger partial charge < -0.3 is 90.1 Å². The first-order chi connectivity index (χ1) is 41.1. The first-order valence-electron chi connectivity index (χ1n) is 28.3. The van der Waals surface area contributed by atoms with Crippen molar-refractivity contribution < 1.29 is 63.0 Å². The molecule has 19 N–H and O–H groups in total. The molecular weight excluding hydrogens is 1120 g/mol. The summed E-state index contributed by atoms with van der Waals surface area (Å²) in [4.78, 5) is 164. The number of para-hydroxylation sites is 1. The minimum absolute atomic E-state index is 0.0298. The Bertz CT molecular complexity index is 3070. The molecule has 8 atom stereocenters. The zero-order valence-electron chi connectivity index (χ0n) is 47.8. The molecule has 0 spiro atoms. The fourth-order valence-corrected chi connectivity index (χ4v) is 9.93. The number of nitrogens with one attached hydrogen (secondary N) is 11. The van der Waals surface area contributed by atoms with Gasteiger partial charge in [-0.2, -0.15) is 0 Å². The fraction of sp³-hybridized carbons (Fsp3) is 0.482. The number of hydrogen-bond donors (Lipinski definition) is 16. The number of amides is 11. The molecule has 0 radical (unpaired) electrons. The van der Waals surface area contributed by atoms with Gasteiger partial charge in [-0.25, -0.2) is 4.98 Å². The molecule has 30 nitrogen and oxygen atoms in total. The van der Waals surface area contributed by atoms with Gasteiger partial charge in [0.25, 0.3) is 0 Å². The molecule has 2 saturated heterocycles. The molecule has 0 bridgehead atoms. The van der Waals surface area contributed by atoms with Crippen molar-refractivity contribution in [1.29, 1.82) is 0 Å². The number of nitrogens with zero attached hydrogens (tertiary/aromatic N) is 3.